The first-order valence-electron chi connectivity index (χ1n) is 8.12. The lowest BCUT2D eigenvalue weighted by atomic mass is 10.0. The molecule has 1 saturated heterocycles. The number of benzene rings is 1. The molecule has 9 heteroatoms. The Hall–Kier alpha value is -2.32. The van der Waals surface area contributed by atoms with Crippen LogP contribution < -0.4 is 10.2 Å². The van der Waals surface area contributed by atoms with Gasteiger partial charge in [0, 0.05) is 37.3 Å². The maximum absolute atomic E-state index is 13.1. The molecule has 0 aliphatic carbocycles. The zero-order valence-electron chi connectivity index (χ0n) is 13.8. The Balaban J connectivity index is 2.20. The summed E-state index contributed by atoms with van der Waals surface area (Å²) < 4.78 is 39.3. The lowest BCUT2D eigenvalue weighted by Gasteiger charge is -2.35. The molecule has 1 amide bonds. The van der Waals surface area contributed by atoms with Gasteiger partial charge in [0.2, 0.25) is 5.91 Å². The standard InChI is InChI=1S/C16H20F3N3O3/c1-2-4-15(23)20-11-5-3-8-21(10-11)12-6-7-14(22(24)25)13(9-12)16(17,18)19/h6-7,9,11H,2-5,8,10H2,1H3,(H,20,23). The molecule has 0 aromatic heterocycles. The summed E-state index contributed by atoms with van der Waals surface area (Å²) in [6.07, 6.45) is -2.20. The molecule has 1 N–H and O–H groups in total. The highest BCUT2D eigenvalue weighted by atomic mass is 19.4. The first kappa shape index (κ1) is 19.0. The summed E-state index contributed by atoms with van der Waals surface area (Å²) in [6, 6.07) is 2.88. The number of nitrogens with one attached hydrogen (secondary N) is 1. The highest BCUT2D eigenvalue weighted by Gasteiger charge is 2.39. The number of amides is 1. The van der Waals surface area contributed by atoms with Crippen LogP contribution in [0, 0.1) is 10.1 Å². The van der Waals surface area contributed by atoms with Gasteiger partial charge in [0.05, 0.1) is 4.92 Å². The van der Waals surface area contributed by atoms with Gasteiger partial charge in [-0.3, -0.25) is 14.9 Å². The van der Waals surface area contributed by atoms with Gasteiger partial charge in [-0.2, -0.15) is 13.2 Å². The van der Waals surface area contributed by atoms with E-state index in [-0.39, 0.29) is 17.6 Å². The molecule has 1 aromatic carbocycles. The van der Waals surface area contributed by atoms with Gasteiger partial charge in [-0.05, 0) is 31.4 Å². The van der Waals surface area contributed by atoms with Crippen molar-refractivity contribution in [1.82, 2.24) is 5.32 Å². The zero-order valence-corrected chi connectivity index (χ0v) is 13.8. The zero-order chi connectivity index (χ0) is 18.6. The number of piperidine rings is 1. The Morgan fingerprint density at radius 1 is 1.44 bits per heavy atom. The summed E-state index contributed by atoms with van der Waals surface area (Å²) in [5, 5.41) is 13.7. The molecule has 138 valence electrons. The summed E-state index contributed by atoms with van der Waals surface area (Å²) in [7, 11) is 0. The normalized spacial score (nSPS) is 18.1. The van der Waals surface area contributed by atoms with E-state index in [4.69, 9.17) is 0 Å². The predicted octanol–water partition coefficient (Wildman–Crippen LogP) is 3.50. The maximum atomic E-state index is 13.1. The molecule has 6 nitrogen and oxygen atoms in total. The number of carbonyl (C=O) groups excluding carboxylic acids is 1. The van der Waals surface area contributed by atoms with Crippen LogP contribution >= 0.6 is 0 Å². The van der Waals surface area contributed by atoms with Gasteiger partial charge in [0.25, 0.3) is 5.69 Å². The number of alkyl halides is 3. The summed E-state index contributed by atoms with van der Waals surface area (Å²) in [6.45, 7) is 2.81. The Morgan fingerprint density at radius 3 is 2.76 bits per heavy atom. The molecule has 25 heavy (non-hydrogen) atoms. The maximum Gasteiger partial charge on any atom is 0.423 e. The number of nitro groups is 1. The van der Waals surface area contributed by atoms with Crippen LogP contribution in [-0.2, 0) is 11.0 Å². The van der Waals surface area contributed by atoms with Crippen molar-refractivity contribution in [2.24, 2.45) is 0 Å². The van der Waals surface area contributed by atoms with E-state index in [2.05, 4.69) is 5.32 Å². The van der Waals surface area contributed by atoms with Crippen molar-refractivity contribution in [1.29, 1.82) is 0 Å². The molecule has 0 saturated carbocycles. The van der Waals surface area contributed by atoms with E-state index >= 15 is 0 Å². The van der Waals surface area contributed by atoms with E-state index in [0.717, 1.165) is 31.4 Å². The largest absolute Gasteiger partial charge is 0.423 e. The number of hydrogen-bond donors (Lipinski definition) is 1. The van der Waals surface area contributed by atoms with Gasteiger partial charge in [0.1, 0.15) is 5.56 Å². The number of rotatable bonds is 5. The third-order valence-electron chi connectivity index (χ3n) is 4.11. The fourth-order valence-electron chi connectivity index (χ4n) is 2.96. The average molecular weight is 359 g/mol. The molecule has 2 rings (SSSR count). The van der Waals surface area contributed by atoms with Crippen LogP contribution in [-0.4, -0.2) is 30.0 Å². The Morgan fingerprint density at radius 2 is 2.16 bits per heavy atom. The first-order valence-corrected chi connectivity index (χ1v) is 8.12. The molecule has 1 aliphatic rings. The number of hydrogen-bond acceptors (Lipinski definition) is 4. The Labute approximate surface area is 143 Å². The summed E-state index contributed by atoms with van der Waals surface area (Å²) in [5.74, 6) is -0.0750. The first-order chi connectivity index (χ1) is 11.7. The van der Waals surface area contributed by atoms with Crippen molar-refractivity contribution in [2.75, 3.05) is 18.0 Å². The Kier molecular flexibility index (Phi) is 5.86. The van der Waals surface area contributed by atoms with Crippen LogP contribution in [0.25, 0.3) is 0 Å². The van der Waals surface area contributed by atoms with Crippen LogP contribution in [0.1, 0.15) is 38.2 Å². The molecule has 0 bridgehead atoms. The summed E-state index contributed by atoms with van der Waals surface area (Å²) in [4.78, 5) is 23.2. The van der Waals surface area contributed by atoms with Crippen molar-refractivity contribution in [2.45, 2.75) is 44.8 Å². The van der Waals surface area contributed by atoms with E-state index < -0.39 is 22.4 Å². The molecule has 1 heterocycles. The topological polar surface area (TPSA) is 75.5 Å². The number of nitro benzene ring substituents is 1. The van der Waals surface area contributed by atoms with Crippen LogP contribution in [0.15, 0.2) is 18.2 Å². The van der Waals surface area contributed by atoms with E-state index in [9.17, 15) is 28.1 Å². The average Bonchev–Trinajstić information content (AvgIpc) is 2.54. The molecule has 1 aromatic rings. The minimum atomic E-state index is -4.80. The van der Waals surface area contributed by atoms with Crippen molar-refractivity contribution in [3.63, 3.8) is 0 Å². The van der Waals surface area contributed by atoms with Crippen LogP contribution in [0.3, 0.4) is 0 Å². The lowest BCUT2D eigenvalue weighted by Crippen LogP contribution is -2.47. The smallest absolute Gasteiger partial charge is 0.369 e. The predicted molar refractivity (Wildman–Crippen MR) is 86.4 cm³/mol. The van der Waals surface area contributed by atoms with Crippen LogP contribution in [0.5, 0.6) is 0 Å². The summed E-state index contributed by atoms with van der Waals surface area (Å²) in [5.41, 5.74) is -1.94. The van der Waals surface area contributed by atoms with Gasteiger partial charge in [-0.1, -0.05) is 6.92 Å². The van der Waals surface area contributed by atoms with Gasteiger partial charge >= 0.3 is 6.18 Å². The van der Waals surface area contributed by atoms with Gasteiger partial charge in [-0.25, -0.2) is 0 Å². The van der Waals surface area contributed by atoms with E-state index in [1.165, 1.54) is 6.07 Å². The van der Waals surface area contributed by atoms with E-state index in [1.807, 2.05) is 6.92 Å². The minimum Gasteiger partial charge on any atom is -0.369 e. The molecule has 1 fully saturated rings. The van der Waals surface area contributed by atoms with E-state index in [1.54, 1.807) is 4.90 Å². The van der Waals surface area contributed by atoms with Gasteiger partial charge in [0.15, 0.2) is 0 Å². The monoisotopic (exact) mass is 359 g/mol. The van der Waals surface area contributed by atoms with Crippen LogP contribution in [0.2, 0.25) is 0 Å². The molecule has 1 atom stereocenters. The number of halogens is 3. The molecule has 0 spiro atoms. The number of carbonyl (C=O) groups is 1. The number of nitrogens with zero attached hydrogens (tertiary/aromatic N) is 2. The highest BCUT2D eigenvalue weighted by molar-refractivity contribution is 5.76. The SMILES string of the molecule is CCCC(=O)NC1CCCN(c2ccc([N+](=O)[O-])c(C(F)(F)F)c2)C1. The fraction of sp³-hybridized carbons (Fsp3) is 0.562. The quantitative estimate of drug-likeness (QED) is 0.645. The van der Waals surface area contributed by atoms with Crippen molar-refractivity contribution in [3.05, 3.63) is 33.9 Å². The molecule has 1 unspecified atom stereocenters. The molecule has 1 aliphatic heterocycles. The fourth-order valence-corrected chi connectivity index (χ4v) is 2.96. The lowest BCUT2D eigenvalue weighted by molar-refractivity contribution is -0.388. The summed E-state index contributed by atoms with van der Waals surface area (Å²) >= 11 is 0. The van der Waals surface area contributed by atoms with Gasteiger partial charge < -0.3 is 10.2 Å². The van der Waals surface area contributed by atoms with Crippen molar-refractivity contribution >= 4 is 17.3 Å². The van der Waals surface area contributed by atoms with Gasteiger partial charge in [-0.15, -0.1) is 0 Å². The van der Waals surface area contributed by atoms with E-state index in [0.29, 0.717) is 19.5 Å². The molecular formula is C16H20F3N3O3. The Bertz CT molecular complexity index is 649. The molecular weight excluding hydrogens is 339 g/mol. The number of anilines is 1. The second kappa shape index (κ2) is 7.71. The minimum absolute atomic E-state index is 0.0750. The van der Waals surface area contributed by atoms with Crippen molar-refractivity contribution in [3.8, 4) is 0 Å². The second-order valence-electron chi connectivity index (χ2n) is 6.06. The highest BCUT2D eigenvalue weighted by Crippen LogP contribution is 2.38. The third kappa shape index (κ3) is 4.83. The third-order valence-corrected chi connectivity index (χ3v) is 4.11. The second-order valence-corrected chi connectivity index (χ2v) is 6.06. The van der Waals surface area contributed by atoms with Crippen molar-refractivity contribution < 1.29 is 22.9 Å². The van der Waals surface area contributed by atoms with Crippen LogP contribution in [0.4, 0.5) is 24.5 Å². The molecule has 0 radical (unpaired) electrons.